The number of hydrogen-bond acceptors (Lipinski definition) is 7. The van der Waals surface area contributed by atoms with Gasteiger partial charge in [0.25, 0.3) is 0 Å². The van der Waals surface area contributed by atoms with E-state index in [1.54, 1.807) is 0 Å². The molecular formula is C26H22F3N5O5S. The van der Waals surface area contributed by atoms with Gasteiger partial charge in [-0.25, -0.2) is 22.9 Å². The third-order valence-corrected chi connectivity index (χ3v) is 7.84. The number of hydrogen-bond donors (Lipinski definition) is 1. The fourth-order valence-corrected chi connectivity index (χ4v) is 5.73. The summed E-state index contributed by atoms with van der Waals surface area (Å²) in [5.74, 6) is 0. The molecule has 14 heteroatoms. The Morgan fingerprint density at radius 2 is 1.82 bits per heavy atom. The third kappa shape index (κ3) is 5.11. The summed E-state index contributed by atoms with van der Waals surface area (Å²) in [4.78, 5) is 29.9. The molecule has 0 aliphatic carbocycles. The average molecular weight is 574 g/mol. The number of likely N-dealkylation sites (tertiary alicyclic amines) is 1. The van der Waals surface area contributed by atoms with Gasteiger partial charge in [0.2, 0.25) is 0 Å². The summed E-state index contributed by atoms with van der Waals surface area (Å²) >= 11 is 0. The SMILES string of the molecule is CC1=C(C#N)[C@@H](c2ccc(C#N)cc2S(C)(=O)=O)N(C(=O)N2CC[C@@H](O)C2)C(=O)N1c1cccc(C(F)(F)F)c1. The van der Waals surface area contributed by atoms with E-state index in [0.29, 0.717) is 11.0 Å². The highest BCUT2D eigenvalue weighted by atomic mass is 32.2. The van der Waals surface area contributed by atoms with Gasteiger partial charge in [-0.15, -0.1) is 0 Å². The zero-order valence-electron chi connectivity index (χ0n) is 21.2. The van der Waals surface area contributed by atoms with Crippen LogP contribution in [0.15, 0.2) is 58.6 Å². The molecule has 40 heavy (non-hydrogen) atoms. The Balaban J connectivity index is 2.01. The number of imide groups is 1. The lowest BCUT2D eigenvalue weighted by atomic mass is 9.93. The number of carbonyl (C=O) groups is 2. The van der Waals surface area contributed by atoms with E-state index in [-0.39, 0.29) is 47.6 Å². The molecular weight excluding hydrogens is 551 g/mol. The highest BCUT2D eigenvalue weighted by Crippen LogP contribution is 2.43. The number of urea groups is 2. The molecule has 0 aromatic heterocycles. The number of aliphatic hydroxyl groups is 1. The van der Waals surface area contributed by atoms with E-state index in [9.17, 15) is 46.8 Å². The summed E-state index contributed by atoms with van der Waals surface area (Å²) in [6.45, 7) is 1.18. The van der Waals surface area contributed by atoms with Crippen molar-refractivity contribution in [3.05, 3.63) is 70.4 Å². The maximum absolute atomic E-state index is 14.0. The topological polar surface area (TPSA) is 146 Å². The maximum atomic E-state index is 14.0. The minimum absolute atomic E-state index is 0.0309. The van der Waals surface area contributed by atoms with Gasteiger partial charge in [-0.1, -0.05) is 12.1 Å². The standard InChI is InChI=1S/C26H22F3N5O5S/c1-15-21(13-31)23(20-7-6-16(12-30)10-22(20)40(2,38)39)34(24(36)32-9-8-19(35)14-32)25(37)33(15)18-5-3-4-17(11-18)26(27,28)29/h3-7,10-11,19,23,35H,8-9,14H2,1-2H3/t19-,23-/m1/s1. The molecule has 0 bridgehead atoms. The number of amides is 4. The van der Waals surface area contributed by atoms with E-state index in [2.05, 4.69) is 0 Å². The molecule has 2 atom stereocenters. The molecule has 2 heterocycles. The van der Waals surface area contributed by atoms with E-state index >= 15 is 0 Å². The molecule has 0 saturated carbocycles. The van der Waals surface area contributed by atoms with Crippen molar-refractivity contribution in [3.63, 3.8) is 0 Å². The van der Waals surface area contributed by atoms with Gasteiger partial charge in [0.05, 0.1) is 45.5 Å². The van der Waals surface area contributed by atoms with Crippen LogP contribution in [0, 0.1) is 22.7 Å². The fourth-order valence-electron chi connectivity index (χ4n) is 4.78. The minimum Gasteiger partial charge on any atom is -0.391 e. The lowest BCUT2D eigenvalue weighted by molar-refractivity contribution is -0.137. The molecule has 0 unspecified atom stereocenters. The first-order chi connectivity index (χ1) is 18.7. The van der Waals surface area contributed by atoms with Gasteiger partial charge in [0.15, 0.2) is 9.84 Å². The third-order valence-electron chi connectivity index (χ3n) is 6.68. The van der Waals surface area contributed by atoms with Crippen LogP contribution in [0.25, 0.3) is 0 Å². The highest BCUT2D eigenvalue weighted by molar-refractivity contribution is 7.90. The molecule has 2 aliphatic heterocycles. The van der Waals surface area contributed by atoms with Crippen LogP contribution in [-0.4, -0.2) is 60.8 Å². The van der Waals surface area contributed by atoms with E-state index in [1.165, 1.54) is 25.1 Å². The van der Waals surface area contributed by atoms with Crippen LogP contribution in [0.1, 0.15) is 36.1 Å². The van der Waals surface area contributed by atoms with Gasteiger partial charge in [-0.05, 0) is 49.2 Å². The van der Waals surface area contributed by atoms with Crippen molar-refractivity contribution in [2.24, 2.45) is 0 Å². The van der Waals surface area contributed by atoms with Gasteiger partial charge in [-0.2, -0.15) is 23.7 Å². The number of rotatable bonds is 3. The first-order valence-electron chi connectivity index (χ1n) is 11.8. The summed E-state index contributed by atoms with van der Waals surface area (Å²) in [7, 11) is -4.07. The van der Waals surface area contributed by atoms with Gasteiger partial charge >= 0.3 is 18.2 Å². The molecule has 2 aromatic carbocycles. The quantitative estimate of drug-likeness (QED) is 0.585. The van der Waals surface area contributed by atoms with E-state index in [1.807, 2.05) is 12.1 Å². The van der Waals surface area contributed by atoms with Crippen molar-refractivity contribution < 1.29 is 36.3 Å². The second kappa shape index (κ2) is 10.3. The largest absolute Gasteiger partial charge is 0.416 e. The van der Waals surface area contributed by atoms with Gasteiger partial charge < -0.3 is 10.0 Å². The van der Waals surface area contributed by atoms with Crippen LogP contribution >= 0.6 is 0 Å². The van der Waals surface area contributed by atoms with E-state index in [4.69, 9.17) is 0 Å². The molecule has 4 rings (SSSR count). The number of β-amino-alcohol motifs (C(OH)–C–C–N with tert-alkyl or cyclic N) is 1. The Morgan fingerprint density at radius 3 is 2.38 bits per heavy atom. The molecule has 1 saturated heterocycles. The summed E-state index contributed by atoms with van der Waals surface area (Å²) in [5.41, 5.74) is -1.92. The van der Waals surface area contributed by atoms with Crippen LogP contribution in [0.3, 0.4) is 0 Å². The van der Waals surface area contributed by atoms with Gasteiger partial charge in [-0.3, -0.25) is 4.90 Å². The Kier molecular flexibility index (Phi) is 7.36. The summed E-state index contributed by atoms with van der Waals surface area (Å²) in [6.07, 6.45) is -4.59. The van der Waals surface area contributed by atoms with Crippen LogP contribution in [0.4, 0.5) is 28.4 Å². The summed E-state index contributed by atoms with van der Waals surface area (Å²) < 4.78 is 65.9. The number of benzene rings is 2. The molecule has 0 spiro atoms. The number of nitriles is 2. The number of allylic oxidation sites excluding steroid dienone is 1. The molecule has 208 valence electrons. The van der Waals surface area contributed by atoms with Crippen molar-refractivity contribution in [3.8, 4) is 12.1 Å². The Hall–Kier alpha value is -4.40. The average Bonchev–Trinajstić information content (AvgIpc) is 3.33. The lowest BCUT2D eigenvalue weighted by Crippen LogP contribution is -2.55. The van der Waals surface area contributed by atoms with Crippen LogP contribution in [0.5, 0.6) is 0 Å². The van der Waals surface area contributed by atoms with Crippen molar-refractivity contribution in [1.29, 1.82) is 10.5 Å². The Bertz CT molecular complexity index is 1620. The van der Waals surface area contributed by atoms with Crippen LogP contribution in [-0.2, 0) is 16.0 Å². The Morgan fingerprint density at radius 1 is 1.12 bits per heavy atom. The minimum atomic E-state index is -4.75. The number of sulfone groups is 1. The monoisotopic (exact) mass is 573 g/mol. The zero-order valence-corrected chi connectivity index (χ0v) is 22.0. The van der Waals surface area contributed by atoms with Crippen molar-refractivity contribution in [1.82, 2.24) is 9.80 Å². The van der Waals surface area contributed by atoms with E-state index in [0.717, 1.165) is 34.3 Å². The normalized spacial score (nSPS) is 20.0. The van der Waals surface area contributed by atoms with Crippen molar-refractivity contribution in [2.45, 2.75) is 36.6 Å². The smallest absolute Gasteiger partial charge is 0.391 e. The number of alkyl halides is 3. The first-order valence-corrected chi connectivity index (χ1v) is 13.7. The predicted molar refractivity (Wildman–Crippen MR) is 134 cm³/mol. The molecule has 10 nitrogen and oxygen atoms in total. The number of halogens is 3. The van der Waals surface area contributed by atoms with E-state index < -0.39 is 50.7 Å². The summed E-state index contributed by atoms with van der Waals surface area (Å²) in [5, 5.41) is 29.5. The highest BCUT2D eigenvalue weighted by Gasteiger charge is 2.47. The van der Waals surface area contributed by atoms with Crippen LogP contribution in [0.2, 0.25) is 0 Å². The van der Waals surface area contributed by atoms with Crippen LogP contribution < -0.4 is 4.90 Å². The number of anilines is 1. The number of carbonyl (C=O) groups excluding carboxylic acids is 2. The molecule has 1 N–H and O–H groups in total. The summed E-state index contributed by atoms with van der Waals surface area (Å²) in [6, 6.07) is 7.33. The predicted octanol–water partition coefficient (Wildman–Crippen LogP) is 3.95. The molecule has 4 amide bonds. The molecule has 2 aromatic rings. The van der Waals surface area contributed by atoms with Crippen molar-refractivity contribution in [2.75, 3.05) is 24.2 Å². The Labute approximate surface area is 227 Å². The van der Waals surface area contributed by atoms with Crippen molar-refractivity contribution >= 4 is 27.6 Å². The fraction of sp³-hybridized carbons (Fsp3) is 0.308. The van der Waals surface area contributed by atoms with Gasteiger partial charge in [0, 0.05) is 25.0 Å². The maximum Gasteiger partial charge on any atom is 0.416 e. The number of nitrogens with zero attached hydrogens (tertiary/aromatic N) is 5. The second-order valence-corrected chi connectivity index (χ2v) is 11.3. The second-order valence-electron chi connectivity index (χ2n) is 9.36. The molecule has 2 aliphatic rings. The zero-order chi connectivity index (χ0) is 29.6. The first kappa shape index (κ1) is 28.6. The molecule has 0 radical (unpaired) electrons. The number of aliphatic hydroxyl groups excluding tert-OH is 1. The van der Waals surface area contributed by atoms with Gasteiger partial charge in [0.1, 0.15) is 6.04 Å². The molecule has 1 fully saturated rings. The lowest BCUT2D eigenvalue weighted by Gasteiger charge is -2.42.